The Bertz CT molecular complexity index is 955. The largest absolute Gasteiger partial charge is 0.490 e. The smallest absolute Gasteiger partial charge is 0.269 e. The molecule has 0 aliphatic rings. The van der Waals surface area contributed by atoms with Gasteiger partial charge in [-0.2, -0.15) is 5.10 Å². The third-order valence-corrected chi connectivity index (χ3v) is 4.06. The van der Waals surface area contributed by atoms with Gasteiger partial charge in [-0.25, -0.2) is 4.98 Å². The molecule has 0 aliphatic heterocycles. The van der Waals surface area contributed by atoms with E-state index in [4.69, 9.17) is 15.2 Å². The highest BCUT2D eigenvalue weighted by Crippen LogP contribution is 2.31. The minimum absolute atomic E-state index is 0.00838. The molecule has 1 atom stereocenters. The van der Waals surface area contributed by atoms with Gasteiger partial charge in [-0.1, -0.05) is 6.07 Å². The van der Waals surface area contributed by atoms with Crippen LogP contribution >= 0.6 is 0 Å². The second-order valence-corrected chi connectivity index (χ2v) is 5.90. The number of nitro benzene ring substituents is 1. The summed E-state index contributed by atoms with van der Waals surface area (Å²) >= 11 is 0. The van der Waals surface area contributed by atoms with E-state index in [0.717, 1.165) is 5.56 Å². The quantitative estimate of drug-likeness (QED) is 0.451. The molecule has 1 aromatic heterocycles. The number of nitrogens with zero attached hydrogens (tertiary/aromatic N) is 3. The topological polar surface area (TPSA) is 129 Å². The zero-order chi connectivity index (χ0) is 20.1. The summed E-state index contributed by atoms with van der Waals surface area (Å²) < 4.78 is 11.2. The molecule has 0 saturated heterocycles. The summed E-state index contributed by atoms with van der Waals surface area (Å²) in [5, 5.41) is 17.8. The van der Waals surface area contributed by atoms with E-state index in [1.165, 1.54) is 12.1 Å². The lowest BCUT2D eigenvalue weighted by atomic mass is 10.1. The Morgan fingerprint density at radius 1 is 1.11 bits per heavy atom. The maximum Gasteiger partial charge on any atom is 0.269 e. The predicted octanol–water partition coefficient (Wildman–Crippen LogP) is 3.23. The molecular formula is C19H21N5O4. The number of benzene rings is 2. The van der Waals surface area contributed by atoms with Crippen LogP contribution < -0.4 is 15.2 Å². The molecule has 0 spiro atoms. The Morgan fingerprint density at radius 3 is 2.43 bits per heavy atom. The molecule has 9 nitrogen and oxygen atoms in total. The molecular weight excluding hydrogens is 362 g/mol. The number of nitrogens with two attached hydrogens (primary N) is 1. The number of non-ortho nitro benzene ring substituents is 1. The van der Waals surface area contributed by atoms with Crippen molar-refractivity contribution in [3.8, 4) is 22.9 Å². The predicted molar refractivity (Wildman–Crippen MR) is 103 cm³/mol. The Morgan fingerprint density at radius 2 is 1.79 bits per heavy atom. The number of aromatic nitrogens is 3. The van der Waals surface area contributed by atoms with Crippen molar-refractivity contribution >= 4 is 5.69 Å². The first-order valence-electron chi connectivity index (χ1n) is 8.85. The van der Waals surface area contributed by atoms with E-state index >= 15 is 0 Å². The molecule has 3 rings (SSSR count). The van der Waals surface area contributed by atoms with Crippen molar-refractivity contribution < 1.29 is 14.4 Å². The average molecular weight is 383 g/mol. The van der Waals surface area contributed by atoms with Crippen molar-refractivity contribution in [3.63, 3.8) is 0 Å². The standard InChI is InChI=1S/C19H21N5O4/c1-3-27-15-10-7-13(11-16(15)28-4-2)17(20)19-21-18(22-23-19)12-5-8-14(9-6-12)24(25)26/h5-11,17H,3-4,20H2,1-2H3,(H,21,22,23). The van der Waals surface area contributed by atoms with Crippen LogP contribution in [-0.2, 0) is 0 Å². The maximum absolute atomic E-state index is 10.8. The lowest BCUT2D eigenvalue weighted by Gasteiger charge is -2.14. The third kappa shape index (κ3) is 4.09. The van der Waals surface area contributed by atoms with Crippen molar-refractivity contribution in [1.29, 1.82) is 0 Å². The molecule has 0 fully saturated rings. The van der Waals surface area contributed by atoms with Crippen LogP contribution in [0.2, 0.25) is 0 Å². The van der Waals surface area contributed by atoms with E-state index in [-0.39, 0.29) is 5.69 Å². The zero-order valence-corrected chi connectivity index (χ0v) is 15.6. The first kappa shape index (κ1) is 19.3. The van der Waals surface area contributed by atoms with Crippen molar-refractivity contribution in [2.45, 2.75) is 19.9 Å². The fourth-order valence-electron chi connectivity index (χ4n) is 2.69. The molecule has 1 unspecified atom stereocenters. The van der Waals surface area contributed by atoms with E-state index in [1.54, 1.807) is 12.1 Å². The highest BCUT2D eigenvalue weighted by molar-refractivity contribution is 5.57. The Balaban J connectivity index is 1.84. The Hall–Kier alpha value is -3.46. The van der Waals surface area contributed by atoms with Crippen LogP contribution in [0.5, 0.6) is 11.5 Å². The number of H-pyrrole nitrogens is 1. The van der Waals surface area contributed by atoms with Gasteiger partial charge in [0.2, 0.25) is 0 Å². The first-order valence-corrected chi connectivity index (χ1v) is 8.85. The Labute approximate surface area is 161 Å². The van der Waals surface area contributed by atoms with E-state index in [2.05, 4.69) is 15.2 Å². The number of nitrogens with one attached hydrogen (secondary N) is 1. The molecule has 0 amide bonds. The van der Waals surface area contributed by atoms with E-state index in [1.807, 2.05) is 32.0 Å². The van der Waals surface area contributed by atoms with Crippen molar-refractivity contribution in [2.75, 3.05) is 13.2 Å². The third-order valence-electron chi connectivity index (χ3n) is 4.06. The normalized spacial score (nSPS) is 11.8. The fraction of sp³-hybridized carbons (Fsp3) is 0.263. The van der Waals surface area contributed by atoms with Gasteiger partial charge in [0.25, 0.3) is 5.69 Å². The van der Waals surface area contributed by atoms with E-state index < -0.39 is 11.0 Å². The molecule has 0 bridgehead atoms. The van der Waals surface area contributed by atoms with E-state index in [0.29, 0.717) is 41.9 Å². The SMILES string of the molecule is CCOc1ccc(C(N)c2nc(-c3ccc([N+](=O)[O-])cc3)n[nH]2)cc1OCC. The van der Waals surface area contributed by atoms with Crippen LogP contribution in [0.1, 0.15) is 31.3 Å². The van der Waals surface area contributed by atoms with Crippen LogP contribution in [0.25, 0.3) is 11.4 Å². The summed E-state index contributed by atoms with van der Waals surface area (Å²) in [4.78, 5) is 14.7. The summed E-state index contributed by atoms with van der Waals surface area (Å²) in [6.45, 7) is 4.84. The van der Waals surface area contributed by atoms with Gasteiger partial charge in [0.1, 0.15) is 5.82 Å². The van der Waals surface area contributed by atoms with Gasteiger partial charge in [-0.15, -0.1) is 0 Å². The van der Waals surface area contributed by atoms with Gasteiger partial charge in [0, 0.05) is 17.7 Å². The number of hydrogen-bond donors (Lipinski definition) is 2. The number of ether oxygens (including phenoxy) is 2. The maximum atomic E-state index is 10.8. The summed E-state index contributed by atoms with van der Waals surface area (Å²) in [7, 11) is 0. The van der Waals surface area contributed by atoms with Gasteiger partial charge >= 0.3 is 0 Å². The molecule has 0 saturated carbocycles. The molecule has 1 heterocycles. The van der Waals surface area contributed by atoms with Crippen LogP contribution in [0.15, 0.2) is 42.5 Å². The molecule has 9 heteroatoms. The second-order valence-electron chi connectivity index (χ2n) is 5.90. The van der Waals surface area contributed by atoms with Gasteiger partial charge in [0.05, 0.1) is 24.2 Å². The Kier molecular flexibility index (Phi) is 5.85. The first-order chi connectivity index (χ1) is 13.5. The molecule has 2 aromatic carbocycles. The van der Waals surface area contributed by atoms with Crippen LogP contribution in [0.4, 0.5) is 5.69 Å². The minimum Gasteiger partial charge on any atom is -0.490 e. The number of rotatable bonds is 8. The molecule has 0 radical (unpaired) electrons. The molecule has 3 aromatic rings. The number of aromatic amines is 1. The lowest BCUT2D eigenvalue weighted by Crippen LogP contribution is -2.14. The highest BCUT2D eigenvalue weighted by Gasteiger charge is 2.18. The van der Waals surface area contributed by atoms with Gasteiger partial charge in [-0.05, 0) is 43.7 Å². The highest BCUT2D eigenvalue weighted by atomic mass is 16.6. The van der Waals surface area contributed by atoms with Gasteiger partial charge in [-0.3, -0.25) is 15.2 Å². The lowest BCUT2D eigenvalue weighted by molar-refractivity contribution is -0.384. The van der Waals surface area contributed by atoms with Crippen molar-refractivity contribution in [3.05, 3.63) is 64.0 Å². The summed E-state index contributed by atoms with van der Waals surface area (Å²) in [6, 6.07) is 11.0. The fourth-order valence-corrected chi connectivity index (χ4v) is 2.69. The van der Waals surface area contributed by atoms with Crippen LogP contribution in [-0.4, -0.2) is 33.3 Å². The second kappa shape index (κ2) is 8.49. The van der Waals surface area contributed by atoms with Crippen molar-refractivity contribution in [2.24, 2.45) is 5.73 Å². The molecule has 28 heavy (non-hydrogen) atoms. The number of nitro groups is 1. The molecule has 146 valence electrons. The minimum atomic E-state index is -0.547. The van der Waals surface area contributed by atoms with Gasteiger partial charge in [0.15, 0.2) is 17.3 Å². The average Bonchev–Trinajstić information content (AvgIpc) is 3.19. The zero-order valence-electron chi connectivity index (χ0n) is 15.6. The molecule has 0 aliphatic carbocycles. The van der Waals surface area contributed by atoms with E-state index in [9.17, 15) is 10.1 Å². The van der Waals surface area contributed by atoms with Crippen LogP contribution in [0, 0.1) is 10.1 Å². The number of hydrogen-bond acceptors (Lipinski definition) is 7. The summed E-state index contributed by atoms with van der Waals surface area (Å²) in [5.41, 5.74) is 7.79. The summed E-state index contributed by atoms with van der Waals surface area (Å²) in [5.74, 6) is 2.16. The molecule has 3 N–H and O–H groups in total. The van der Waals surface area contributed by atoms with Crippen LogP contribution in [0.3, 0.4) is 0 Å². The van der Waals surface area contributed by atoms with Gasteiger partial charge < -0.3 is 15.2 Å². The monoisotopic (exact) mass is 383 g/mol. The van der Waals surface area contributed by atoms with Crippen molar-refractivity contribution in [1.82, 2.24) is 15.2 Å². The summed E-state index contributed by atoms with van der Waals surface area (Å²) in [6.07, 6.45) is 0.